The molecule has 0 aliphatic rings. The van der Waals surface area contributed by atoms with Crippen molar-refractivity contribution in [2.75, 3.05) is 6.61 Å². The molecular formula is C15H23NO. The summed E-state index contributed by atoms with van der Waals surface area (Å²) in [4.78, 5) is 0. The van der Waals surface area contributed by atoms with E-state index in [1.165, 1.54) is 5.56 Å². The van der Waals surface area contributed by atoms with E-state index >= 15 is 0 Å². The Labute approximate surface area is 104 Å². The van der Waals surface area contributed by atoms with Crippen LogP contribution in [0.1, 0.15) is 32.3 Å². The molecule has 0 bridgehead atoms. The van der Waals surface area contributed by atoms with E-state index in [9.17, 15) is 0 Å². The Morgan fingerprint density at radius 1 is 1.35 bits per heavy atom. The molecule has 0 radical (unpaired) electrons. The van der Waals surface area contributed by atoms with Gasteiger partial charge in [-0.25, -0.2) is 0 Å². The highest BCUT2D eigenvalue weighted by molar-refractivity contribution is 5.28. The predicted molar refractivity (Wildman–Crippen MR) is 73.3 cm³/mol. The van der Waals surface area contributed by atoms with Crippen molar-refractivity contribution < 1.29 is 4.74 Å². The van der Waals surface area contributed by atoms with Gasteiger partial charge in [0.1, 0.15) is 12.4 Å². The van der Waals surface area contributed by atoms with Gasteiger partial charge < -0.3 is 10.5 Å². The lowest BCUT2D eigenvalue weighted by Gasteiger charge is -2.11. The van der Waals surface area contributed by atoms with E-state index < -0.39 is 0 Å². The quantitative estimate of drug-likeness (QED) is 0.733. The third-order valence-electron chi connectivity index (χ3n) is 2.57. The third kappa shape index (κ3) is 5.55. The standard InChI is InChI=1S/C15H23NO/c1-4-5-14(16)10-13-6-8-15(9-7-13)17-11-12(2)3/h6-9,14H,2,4-5,10-11,16H2,1,3H3. The highest BCUT2D eigenvalue weighted by Crippen LogP contribution is 2.14. The Balaban J connectivity index is 2.47. The van der Waals surface area contributed by atoms with Crippen molar-refractivity contribution in [3.63, 3.8) is 0 Å². The molecule has 1 aromatic carbocycles. The molecule has 1 rings (SSSR count). The Morgan fingerprint density at radius 3 is 2.53 bits per heavy atom. The first-order valence-corrected chi connectivity index (χ1v) is 6.23. The van der Waals surface area contributed by atoms with Gasteiger partial charge >= 0.3 is 0 Å². The van der Waals surface area contributed by atoms with Crippen molar-refractivity contribution in [1.29, 1.82) is 0 Å². The minimum atomic E-state index is 0.266. The SMILES string of the molecule is C=C(C)COc1ccc(CC(N)CCC)cc1. The molecule has 1 unspecified atom stereocenters. The number of rotatable bonds is 7. The smallest absolute Gasteiger partial charge is 0.119 e. The molecule has 0 amide bonds. The van der Waals surface area contributed by atoms with Gasteiger partial charge in [0.15, 0.2) is 0 Å². The van der Waals surface area contributed by atoms with Crippen LogP contribution in [0.2, 0.25) is 0 Å². The van der Waals surface area contributed by atoms with Crippen LogP contribution in [0.15, 0.2) is 36.4 Å². The summed E-state index contributed by atoms with van der Waals surface area (Å²) in [5, 5.41) is 0. The Morgan fingerprint density at radius 2 is 2.00 bits per heavy atom. The van der Waals surface area contributed by atoms with E-state index in [4.69, 9.17) is 10.5 Å². The first kappa shape index (κ1) is 13.8. The van der Waals surface area contributed by atoms with Crippen LogP contribution in [-0.4, -0.2) is 12.6 Å². The van der Waals surface area contributed by atoms with Crippen LogP contribution in [0.3, 0.4) is 0 Å². The lowest BCUT2D eigenvalue weighted by atomic mass is 10.0. The molecule has 0 spiro atoms. The topological polar surface area (TPSA) is 35.2 Å². The average molecular weight is 233 g/mol. The molecule has 2 nitrogen and oxygen atoms in total. The molecule has 94 valence electrons. The minimum absolute atomic E-state index is 0.266. The predicted octanol–water partition coefficient (Wildman–Crippen LogP) is 3.31. The zero-order valence-electron chi connectivity index (χ0n) is 10.9. The van der Waals surface area contributed by atoms with Gasteiger partial charge in [0.05, 0.1) is 0 Å². The van der Waals surface area contributed by atoms with Crippen LogP contribution in [0, 0.1) is 0 Å². The van der Waals surface area contributed by atoms with E-state index in [2.05, 4.69) is 25.6 Å². The van der Waals surface area contributed by atoms with Gasteiger partial charge in [-0.05, 0) is 43.0 Å². The fourth-order valence-corrected chi connectivity index (χ4v) is 1.70. The Hall–Kier alpha value is -1.28. The van der Waals surface area contributed by atoms with Gasteiger partial charge in [-0.15, -0.1) is 0 Å². The van der Waals surface area contributed by atoms with E-state index in [1.807, 2.05) is 19.1 Å². The fourth-order valence-electron chi connectivity index (χ4n) is 1.70. The van der Waals surface area contributed by atoms with E-state index in [0.717, 1.165) is 30.6 Å². The van der Waals surface area contributed by atoms with Gasteiger partial charge in [0.25, 0.3) is 0 Å². The summed E-state index contributed by atoms with van der Waals surface area (Å²) >= 11 is 0. The summed E-state index contributed by atoms with van der Waals surface area (Å²) in [6, 6.07) is 8.43. The zero-order chi connectivity index (χ0) is 12.7. The molecule has 1 atom stereocenters. The van der Waals surface area contributed by atoms with Crippen LogP contribution in [0.25, 0.3) is 0 Å². The first-order chi connectivity index (χ1) is 8.11. The van der Waals surface area contributed by atoms with Gasteiger partial charge in [-0.3, -0.25) is 0 Å². The summed E-state index contributed by atoms with van der Waals surface area (Å²) in [5.74, 6) is 0.890. The maximum atomic E-state index is 6.01. The van der Waals surface area contributed by atoms with Crippen LogP contribution >= 0.6 is 0 Å². The molecule has 0 aromatic heterocycles. The maximum Gasteiger partial charge on any atom is 0.119 e. The van der Waals surface area contributed by atoms with E-state index in [-0.39, 0.29) is 6.04 Å². The van der Waals surface area contributed by atoms with Gasteiger partial charge in [0, 0.05) is 6.04 Å². The second-order valence-electron chi connectivity index (χ2n) is 4.64. The largest absolute Gasteiger partial charge is 0.489 e. The summed E-state index contributed by atoms with van der Waals surface area (Å²) < 4.78 is 5.54. The second-order valence-corrected chi connectivity index (χ2v) is 4.64. The van der Waals surface area contributed by atoms with Crippen LogP contribution < -0.4 is 10.5 Å². The third-order valence-corrected chi connectivity index (χ3v) is 2.57. The van der Waals surface area contributed by atoms with Crippen molar-refractivity contribution in [3.8, 4) is 5.75 Å². The summed E-state index contributed by atoms with van der Waals surface area (Å²) in [5.41, 5.74) is 8.31. The molecule has 17 heavy (non-hydrogen) atoms. The normalized spacial score (nSPS) is 12.2. The van der Waals surface area contributed by atoms with E-state index in [1.54, 1.807) is 0 Å². The van der Waals surface area contributed by atoms with Crippen LogP contribution in [0.5, 0.6) is 5.75 Å². The lowest BCUT2D eigenvalue weighted by molar-refractivity contribution is 0.352. The number of nitrogens with two attached hydrogens (primary N) is 1. The van der Waals surface area contributed by atoms with Crippen LogP contribution in [-0.2, 0) is 6.42 Å². The fraction of sp³-hybridized carbons (Fsp3) is 0.467. The number of hydrogen-bond donors (Lipinski definition) is 1. The molecule has 0 saturated carbocycles. The number of ether oxygens (including phenoxy) is 1. The minimum Gasteiger partial charge on any atom is -0.489 e. The summed E-state index contributed by atoms with van der Waals surface area (Å²) in [6.45, 7) is 8.50. The highest BCUT2D eigenvalue weighted by Gasteiger charge is 2.03. The number of hydrogen-bond acceptors (Lipinski definition) is 2. The molecule has 0 heterocycles. The summed E-state index contributed by atoms with van der Waals surface area (Å²) in [7, 11) is 0. The van der Waals surface area contributed by atoms with Gasteiger partial charge in [-0.1, -0.05) is 32.1 Å². The van der Waals surface area contributed by atoms with Crippen LogP contribution in [0.4, 0.5) is 0 Å². The van der Waals surface area contributed by atoms with Crippen molar-refractivity contribution in [2.45, 2.75) is 39.2 Å². The maximum absolute atomic E-state index is 6.01. The molecule has 2 heteroatoms. The molecular weight excluding hydrogens is 210 g/mol. The molecule has 1 aromatic rings. The molecule has 0 fully saturated rings. The molecule has 0 aliphatic heterocycles. The molecule has 2 N–H and O–H groups in total. The number of benzene rings is 1. The van der Waals surface area contributed by atoms with Crippen molar-refractivity contribution in [1.82, 2.24) is 0 Å². The Bertz CT molecular complexity index is 342. The second kappa shape index (κ2) is 7.13. The first-order valence-electron chi connectivity index (χ1n) is 6.23. The molecule has 0 aliphatic carbocycles. The van der Waals surface area contributed by atoms with Crippen molar-refractivity contribution in [3.05, 3.63) is 42.0 Å². The Kier molecular flexibility index (Phi) is 5.78. The van der Waals surface area contributed by atoms with Gasteiger partial charge in [-0.2, -0.15) is 0 Å². The monoisotopic (exact) mass is 233 g/mol. The zero-order valence-corrected chi connectivity index (χ0v) is 10.9. The van der Waals surface area contributed by atoms with Crippen molar-refractivity contribution in [2.24, 2.45) is 5.73 Å². The highest BCUT2D eigenvalue weighted by atomic mass is 16.5. The average Bonchev–Trinajstić information content (AvgIpc) is 2.28. The molecule has 0 saturated heterocycles. The van der Waals surface area contributed by atoms with Gasteiger partial charge in [0.2, 0.25) is 0 Å². The van der Waals surface area contributed by atoms with E-state index in [0.29, 0.717) is 6.61 Å². The lowest BCUT2D eigenvalue weighted by Crippen LogP contribution is -2.22. The van der Waals surface area contributed by atoms with Crippen molar-refractivity contribution >= 4 is 0 Å². The summed E-state index contributed by atoms with van der Waals surface area (Å²) in [6.07, 6.45) is 3.16.